The topological polar surface area (TPSA) is 92.8 Å². The van der Waals surface area contributed by atoms with E-state index in [1.165, 1.54) is 28.6 Å². The first kappa shape index (κ1) is 20.4. The predicted molar refractivity (Wildman–Crippen MR) is 112 cm³/mol. The van der Waals surface area contributed by atoms with E-state index >= 15 is 0 Å². The van der Waals surface area contributed by atoms with E-state index < -0.39 is 16.0 Å². The van der Waals surface area contributed by atoms with E-state index in [1.807, 2.05) is 12.1 Å². The highest BCUT2D eigenvalue weighted by Crippen LogP contribution is 2.32. The molecule has 2 aromatic carbocycles. The van der Waals surface area contributed by atoms with Crippen LogP contribution in [0.5, 0.6) is 0 Å². The van der Waals surface area contributed by atoms with Gasteiger partial charge < -0.3 is 10.1 Å². The van der Waals surface area contributed by atoms with Crippen LogP contribution in [0, 0.1) is 0 Å². The van der Waals surface area contributed by atoms with E-state index in [0.29, 0.717) is 18.7 Å². The van der Waals surface area contributed by atoms with E-state index in [1.54, 1.807) is 12.1 Å². The van der Waals surface area contributed by atoms with Crippen molar-refractivity contribution in [2.24, 2.45) is 0 Å². The smallest absolute Gasteiger partial charge is 0.338 e. The van der Waals surface area contributed by atoms with Gasteiger partial charge in [0.1, 0.15) is 0 Å². The molecule has 1 amide bonds. The summed E-state index contributed by atoms with van der Waals surface area (Å²) >= 11 is 0. The molecule has 1 heterocycles. The molecule has 1 fully saturated rings. The Hall–Kier alpha value is -2.87. The number of hydrogen-bond acceptors (Lipinski definition) is 5. The van der Waals surface area contributed by atoms with Crippen molar-refractivity contribution in [3.05, 3.63) is 59.7 Å². The molecule has 7 nitrogen and oxygen atoms in total. The molecule has 0 aromatic heterocycles. The number of benzene rings is 2. The lowest BCUT2D eigenvalue weighted by Crippen LogP contribution is -2.35. The van der Waals surface area contributed by atoms with Crippen molar-refractivity contribution >= 4 is 27.6 Å². The van der Waals surface area contributed by atoms with Gasteiger partial charge in [0.05, 0.1) is 16.1 Å². The summed E-state index contributed by atoms with van der Waals surface area (Å²) in [5.41, 5.74) is 1.73. The lowest BCUT2D eigenvalue weighted by atomic mass is 10.2. The van der Waals surface area contributed by atoms with Gasteiger partial charge in [0.25, 0.3) is 15.9 Å². The number of carbonyl (C=O) groups is 2. The Morgan fingerprint density at radius 2 is 1.83 bits per heavy atom. The summed E-state index contributed by atoms with van der Waals surface area (Å²) in [6, 6.07) is 13.3. The van der Waals surface area contributed by atoms with Crippen molar-refractivity contribution in [1.29, 1.82) is 0 Å². The minimum atomic E-state index is -3.81. The average molecular weight is 429 g/mol. The summed E-state index contributed by atoms with van der Waals surface area (Å²) in [6.07, 6.45) is 4.71. The zero-order chi connectivity index (χ0) is 21.1. The number of esters is 1. The van der Waals surface area contributed by atoms with Gasteiger partial charge in [0.2, 0.25) is 0 Å². The van der Waals surface area contributed by atoms with Crippen molar-refractivity contribution in [3.8, 4) is 0 Å². The molecule has 4 rings (SSSR count). The maximum Gasteiger partial charge on any atom is 0.338 e. The van der Waals surface area contributed by atoms with Crippen molar-refractivity contribution in [1.82, 2.24) is 5.32 Å². The third-order valence-electron chi connectivity index (χ3n) is 5.56. The van der Waals surface area contributed by atoms with Gasteiger partial charge in [-0.15, -0.1) is 0 Å². The number of nitrogens with zero attached hydrogens (tertiary/aromatic N) is 1. The number of anilines is 1. The maximum absolute atomic E-state index is 13.1. The molecular weight excluding hydrogens is 404 g/mol. The Morgan fingerprint density at radius 1 is 1.07 bits per heavy atom. The van der Waals surface area contributed by atoms with Crippen LogP contribution in [0.2, 0.25) is 0 Å². The lowest BCUT2D eigenvalue weighted by Gasteiger charge is -2.19. The maximum atomic E-state index is 13.1. The average Bonchev–Trinajstić information content (AvgIpc) is 3.42. The molecule has 2 aromatic rings. The number of amides is 1. The quantitative estimate of drug-likeness (QED) is 0.714. The second kappa shape index (κ2) is 8.47. The predicted octanol–water partition coefficient (Wildman–Crippen LogP) is 2.65. The number of carbonyl (C=O) groups excluding carboxylic acids is 2. The molecule has 1 saturated carbocycles. The number of hydrogen-bond donors (Lipinski definition) is 1. The molecule has 0 spiro atoms. The number of fused-ring (bicyclic) bond motifs is 1. The van der Waals surface area contributed by atoms with Gasteiger partial charge in [-0.2, -0.15) is 0 Å². The molecule has 158 valence electrons. The molecule has 0 bridgehead atoms. The first-order chi connectivity index (χ1) is 14.4. The molecule has 1 aliphatic heterocycles. The van der Waals surface area contributed by atoms with Crippen molar-refractivity contribution in [2.75, 3.05) is 17.5 Å². The lowest BCUT2D eigenvalue weighted by molar-refractivity contribution is -0.124. The van der Waals surface area contributed by atoms with Crippen LogP contribution < -0.4 is 9.62 Å². The molecule has 0 unspecified atom stereocenters. The van der Waals surface area contributed by atoms with Gasteiger partial charge in [-0.1, -0.05) is 37.1 Å². The van der Waals surface area contributed by atoms with Crippen LogP contribution in [0.1, 0.15) is 41.6 Å². The van der Waals surface area contributed by atoms with Crippen LogP contribution in [0.15, 0.2) is 53.4 Å². The normalized spacial score (nSPS) is 16.3. The van der Waals surface area contributed by atoms with Crippen LogP contribution >= 0.6 is 0 Å². The van der Waals surface area contributed by atoms with Crippen molar-refractivity contribution < 1.29 is 22.7 Å². The number of sulfonamides is 1. The van der Waals surface area contributed by atoms with E-state index in [2.05, 4.69) is 5.32 Å². The summed E-state index contributed by atoms with van der Waals surface area (Å²) in [5, 5.41) is 2.85. The minimum Gasteiger partial charge on any atom is -0.452 e. The first-order valence-corrected chi connectivity index (χ1v) is 11.6. The Morgan fingerprint density at radius 3 is 2.63 bits per heavy atom. The summed E-state index contributed by atoms with van der Waals surface area (Å²) in [7, 11) is -3.81. The van der Waals surface area contributed by atoms with Crippen LogP contribution in [0.25, 0.3) is 0 Å². The third kappa shape index (κ3) is 4.18. The summed E-state index contributed by atoms with van der Waals surface area (Å²) in [6.45, 7) is -0.0243. The van der Waals surface area contributed by atoms with E-state index in [9.17, 15) is 18.0 Å². The third-order valence-corrected chi connectivity index (χ3v) is 7.37. The van der Waals surface area contributed by atoms with Crippen LogP contribution in [-0.2, 0) is 26.0 Å². The molecule has 1 N–H and O–H groups in total. The zero-order valence-corrected chi connectivity index (χ0v) is 17.4. The van der Waals surface area contributed by atoms with Gasteiger partial charge in [0.15, 0.2) is 6.61 Å². The summed E-state index contributed by atoms with van der Waals surface area (Å²) in [4.78, 5) is 24.4. The van der Waals surface area contributed by atoms with E-state index in [4.69, 9.17) is 4.74 Å². The monoisotopic (exact) mass is 428 g/mol. The van der Waals surface area contributed by atoms with E-state index in [0.717, 1.165) is 31.2 Å². The Bertz CT molecular complexity index is 1060. The van der Waals surface area contributed by atoms with Gasteiger partial charge in [-0.25, -0.2) is 13.2 Å². The fourth-order valence-corrected chi connectivity index (χ4v) is 5.57. The van der Waals surface area contributed by atoms with Gasteiger partial charge >= 0.3 is 5.97 Å². The molecule has 2 aliphatic rings. The van der Waals surface area contributed by atoms with Crippen LogP contribution in [0.3, 0.4) is 0 Å². The van der Waals surface area contributed by atoms with E-state index in [-0.39, 0.29) is 29.0 Å². The highest BCUT2D eigenvalue weighted by Gasteiger charge is 2.31. The van der Waals surface area contributed by atoms with Crippen molar-refractivity contribution in [2.45, 2.75) is 43.0 Å². The summed E-state index contributed by atoms with van der Waals surface area (Å²) in [5.74, 6) is -1.07. The molecule has 0 radical (unpaired) electrons. The van der Waals surface area contributed by atoms with Gasteiger partial charge in [-0.3, -0.25) is 9.10 Å². The Balaban J connectivity index is 1.44. The number of para-hydroxylation sites is 1. The molecular formula is C22H24N2O5S. The second-order valence-electron chi connectivity index (χ2n) is 7.61. The number of nitrogens with one attached hydrogen (secondary N) is 1. The van der Waals surface area contributed by atoms with Crippen LogP contribution in [-0.4, -0.2) is 39.5 Å². The largest absolute Gasteiger partial charge is 0.452 e. The molecule has 8 heteroatoms. The summed E-state index contributed by atoms with van der Waals surface area (Å²) < 4.78 is 32.7. The number of rotatable bonds is 6. The molecule has 0 saturated heterocycles. The Labute approximate surface area is 176 Å². The van der Waals surface area contributed by atoms with Gasteiger partial charge in [-0.05, 0) is 49.1 Å². The first-order valence-electron chi connectivity index (χ1n) is 10.1. The highest BCUT2D eigenvalue weighted by atomic mass is 32.2. The standard InChI is InChI=1S/C22H24N2O5S/c25-21(23-18-8-2-3-9-18)15-29-22(26)17-7-5-10-19(14-17)30(27,28)24-13-12-16-6-1-4-11-20(16)24/h1,4-7,10-11,14,18H,2-3,8-9,12-13,15H2,(H,23,25). The molecule has 30 heavy (non-hydrogen) atoms. The zero-order valence-electron chi connectivity index (χ0n) is 16.5. The SMILES string of the molecule is O=C(COC(=O)c1cccc(S(=O)(=O)N2CCc3ccccc32)c1)NC1CCCC1. The fourth-order valence-electron chi connectivity index (χ4n) is 4.02. The Kier molecular flexibility index (Phi) is 5.76. The van der Waals surface area contributed by atoms with Gasteiger partial charge in [0, 0.05) is 12.6 Å². The minimum absolute atomic E-state index is 0.0176. The fraction of sp³-hybridized carbons (Fsp3) is 0.364. The molecule has 1 aliphatic carbocycles. The second-order valence-corrected chi connectivity index (χ2v) is 9.47. The number of ether oxygens (including phenoxy) is 1. The van der Waals surface area contributed by atoms with Crippen molar-refractivity contribution in [3.63, 3.8) is 0 Å². The highest BCUT2D eigenvalue weighted by molar-refractivity contribution is 7.92. The van der Waals surface area contributed by atoms with Crippen LogP contribution in [0.4, 0.5) is 5.69 Å². The molecule has 0 atom stereocenters.